The Bertz CT molecular complexity index is 887. The van der Waals surface area contributed by atoms with Gasteiger partial charge in [-0.25, -0.2) is 0 Å². The Morgan fingerprint density at radius 1 is 0.963 bits per heavy atom. The summed E-state index contributed by atoms with van der Waals surface area (Å²) in [7, 11) is 1.66. The highest BCUT2D eigenvalue weighted by Crippen LogP contribution is 2.59. The van der Waals surface area contributed by atoms with Gasteiger partial charge in [-0.05, 0) is 25.0 Å². The summed E-state index contributed by atoms with van der Waals surface area (Å²) in [6.45, 7) is 3.98. The maximum atomic E-state index is 12.8. The van der Waals surface area contributed by atoms with Crippen molar-refractivity contribution in [1.82, 2.24) is 0 Å². The van der Waals surface area contributed by atoms with E-state index in [4.69, 9.17) is 14.2 Å². The van der Waals surface area contributed by atoms with Gasteiger partial charge in [0.2, 0.25) is 0 Å². The zero-order valence-corrected chi connectivity index (χ0v) is 15.5. The maximum absolute atomic E-state index is 12.8. The summed E-state index contributed by atoms with van der Waals surface area (Å²) >= 11 is 0. The van der Waals surface area contributed by atoms with Crippen LogP contribution in [0.3, 0.4) is 0 Å². The molecular weight excluding hydrogens is 344 g/mol. The van der Waals surface area contributed by atoms with Gasteiger partial charge in [-0.3, -0.25) is 9.59 Å². The fourth-order valence-electron chi connectivity index (χ4n) is 5.66. The lowest BCUT2D eigenvalue weighted by atomic mass is 9.59. The van der Waals surface area contributed by atoms with Crippen molar-refractivity contribution in [3.05, 3.63) is 59.7 Å². The number of esters is 2. The summed E-state index contributed by atoms with van der Waals surface area (Å²) in [6, 6.07) is 9.82. The summed E-state index contributed by atoms with van der Waals surface area (Å²) in [5.41, 5.74) is 0.776. The highest BCUT2D eigenvalue weighted by Gasteiger charge is 2.66. The van der Waals surface area contributed by atoms with E-state index in [-0.39, 0.29) is 17.9 Å². The average molecular weight is 366 g/mol. The van der Waals surface area contributed by atoms with Gasteiger partial charge in [0.05, 0.1) is 17.4 Å². The highest BCUT2D eigenvalue weighted by molar-refractivity contribution is 5.98. The highest BCUT2D eigenvalue weighted by atomic mass is 16.6. The normalized spacial score (nSPS) is 44.6. The first-order valence-electron chi connectivity index (χ1n) is 9.33. The number of allylic oxidation sites excluding steroid dienone is 1. The molecule has 0 spiro atoms. The van der Waals surface area contributed by atoms with E-state index < -0.39 is 35.0 Å². The van der Waals surface area contributed by atoms with E-state index in [1.807, 2.05) is 56.3 Å². The maximum Gasteiger partial charge on any atom is 0.318 e. The Hall–Kier alpha value is -2.24. The number of benzene rings is 1. The van der Waals surface area contributed by atoms with Crippen molar-refractivity contribution in [3.8, 4) is 0 Å². The minimum absolute atomic E-state index is 0.219. The zero-order chi connectivity index (χ0) is 19.0. The van der Waals surface area contributed by atoms with Crippen molar-refractivity contribution >= 4 is 11.9 Å². The Balaban J connectivity index is 1.73. The Labute approximate surface area is 158 Å². The predicted molar refractivity (Wildman–Crippen MR) is 96.7 cm³/mol. The number of hydrogen-bond donors (Lipinski definition) is 0. The number of carbonyl (C=O) groups excluding carboxylic acids is 2. The third-order valence-electron chi connectivity index (χ3n) is 6.66. The van der Waals surface area contributed by atoms with E-state index in [0.717, 1.165) is 11.1 Å². The number of carbonyl (C=O) groups is 2. The van der Waals surface area contributed by atoms with Crippen LogP contribution in [-0.2, 0) is 23.8 Å². The van der Waals surface area contributed by atoms with Crippen LogP contribution < -0.4 is 0 Å². The van der Waals surface area contributed by atoms with Gasteiger partial charge in [-0.15, -0.1) is 0 Å². The lowest BCUT2D eigenvalue weighted by Gasteiger charge is -2.52. The summed E-state index contributed by atoms with van der Waals surface area (Å²) in [5, 5.41) is 0. The Morgan fingerprint density at radius 2 is 1.63 bits per heavy atom. The molecule has 1 aromatic rings. The molecule has 5 nitrogen and oxygen atoms in total. The number of cyclic esters (lactones) is 2. The number of methoxy groups -OCH3 is 1. The third kappa shape index (κ3) is 2.13. The van der Waals surface area contributed by atoms with Crippen LogP contribution in [0.25, 0.3) is 0 Å². The van der Waals surface area contributed by atoms with Gasteiger partial charge < -0.3 is 14.2 Å². The van der Waals surface area contributed by atoms with Gasteiger partial charge in [0.15, 0.2) is 0 Å². The Kier molecular flexibility index (Phi) is 3.38. The van der Waals surface area contributed by atoms with Gasteiger partial charge in [0.1, 0.15) is 11.7 Å². The number of rotatable bonds is 2. The van der Waals surface area contributed by atoms with Crippen molar-refractivity contribution in [3.63, 3.8) is 0 Å². The van der Waals surface area contributed by atoms with Crippen LogP contribution in [0.15, 0.2) is 54.1 Å². The molecule has 1 aromatic carbocycles. The van der Waals surface area contributed by atoms with Gasteiger partial charge in [0.25, 0.3) is 0 Å². The predicted octanol–water partition coefficient (Wildman–Crippen LogP) is 2.77. The molecule has 5 heteroatoms. The molecule has 7 atom stereocenters. The van der Waals surface area contributed by atoms with E-state index in [0.29, 0.717) is 0 Å². The summed E-state index contributed by atoms with van der Waals surface area (Å²) < 4.78 is 17.4. The second-order valence-electron chi connectivity index (χ2n) is 8.29. The number of hydrogen-bond acceptors (Lipinski definition) is 5. The molecule has 0 saturated carbocycles. The molecular formula is C22H22O5. The largest absolute Gasteiger partial charge is 0.393 e. The van der Waals surface area contributed by atoms with Crippen molar-refractivity contribution < 1.29 is 23.8 Å². The molecule has 0 unspecified atom stereocenters. The molecule has 2 fully saturated rings. The van der Waals surface area contributed by atoms with Crippen LogP contribution in [0.1, 0.15) is 25.3 Å². The van der Waals surface area contributed by atoms with E-state index in [9.17, 15) is 9.59 Å². The van der Waals surface area contributed by atoms with Crippen LogP contribution in [0.2, 0.25) is 0 Å². The van der Waals surface area contributed by atoms with E-state index in [1.165, 1.54) is 0 Å². The molecule has 140 valence electrons. The fraction of sp³-hybridized carbons (Fsp3) is 0.455. The van der Waals surface area contributed by atoms with Gasteiger partial charge in [-0.2, -0.15) is 0 Å². The zero-order valence-electron chi connectivity index (χ0n) is 15.5. The summed E-state index contributed by atoms with van der Waals surface area (Å²) in [6.07, 6.45) is 5.85. The first kappa shape index (κ1) is 16.9. The number of ether oxygens (including phenoxy) is 3. The molecule has 27 heavy (non-hydrogen) atoms. The topological polar surface area (TPSA) is 61.8 Å². The molecule has 0 aromatic heterocycles. The lowest BCUT2D eigenvalue weighted by molar-refractivity contribution is -0.187. The van der Waals surface area contributed by atoms with E-state index in [1.54, 1.807) is 7.11 Å². The van der Waals surface area contributed by atoms with Gasteiger partial charge in [-0.1, -0.05) is 48.6 Å². The third-order valence-corrected chi connectivity index (χ3v) is 6.66. The van der Waals surface area contributed by atoms with Crippen LogP contribution in [0.5, 0.6) is 0 Å². The van der Waals surface area contributed by atoms with Crippen molar-refractivity contribution in [1.29, 1.82) is 0 Å². The average Bonchev–Trinajstić information content (AvgIpc) is 3.10. The minimum Gasteiger partial charge on any atom is -0.393 e. The number of fused-ring (bicyclic) bond motifs is 6. The van der Waals surface area contributed by atoms with Gasteiger partial charge >= 0.3 is 11.9 Å². The van der Waals surface area contributed by atoms with Crippen molar-refractivity contribution in [2.75, 3.05) is 7.11 Å². The molecule has 3 heterocycles. The molecule has 4 aliphatic rings. The van der Waals surface area contributed by atoms with Crippen molar-refractivity contribution in [2.24, 2.45) is 17.8 Å². The lowest BCUT2D eigenvalue weighted by Crippen LogP contribution is -2.59. The summed E-state index contributed by atoms with van der Waals surface area (Å²) in [5.74, 6) is -2.50. The standard InChI is InChI=1S/C22H22O5/c1-21-9-10-22(2,27-21)18(25-3)14-11-13(12-7-5-4-6-8-12)15-16(17(14)21)20(24)26-19(15)23/h4-11,13,15-18H,1-3H3/t13-,15+,16+,17-,18+,21-,22+/m0/s1. The van der Waals surface area contributed by atoms with Crippen LogP contribution in [-0.4, -0.2) is 36.4 Å². The molecule has 0 N–H and O–H groups in total. The van der Waals surface area contributed by atoms with E-state index in [2.05, 4.69) is 6.08 Å². The summed E-state index contributed by atoms with van der Waals surface area (Å²) in [4.78, 5) is 25.4. The van der Waals surface area contributed by atoms with Crippen LogP contribution in [0.4, 0.5) is 0 Å². The fourth-order valence-corrected chi connectivity index (χ4v) is 5.66. The van der Waals surface area contributed by atoms with E-state index >= 15 is 0 Å². The monoisotopic (exact) mass is 366 g/mol. The SMILES string of the molecule is CO[C@@H]1C2=C[C@@H](c3ccccc3)[C@H]3C(=O)OC(=O)[C@H]3[C@H]2[C@]2(C)C=C[C@@]1(C)O2. The molecule has 3 aliphatic heterocycles. The van der Waals surface area contributed by atoms with Crippen molar-refractivity contribution in [2.45, 2.75) is 37.1 Å². The van der Waals surface area contributed by atoms with Gasteiger partial charge in [0, 0.05) is 18.9 Å². The second kappa shape index (κ2) is 5.40. The van der Waals surface area contributed by atoms with Crippen LogP contribution in [0, 0.1) is 17.8 Å². The Morgan fingerprint density at radius 3 is 2.33 bits per heavy atom. The smallest absolute Gasteiger partial charge is 0.318 e. The second-order valence-corrected chi connectivity index (χ2v) is 8.29. The molecule has 2 saturated heterocycles. The molecule has 5 rings (SSSR count). The first-order valence-corrected chi connectivity index (χ1v) is 9.33. The molecule has 2 bridgehead atoms. The first-order chi connectivity index (χ1) is 12.9. The van der Waals surface area contributed by atoms with Crippen LogP contribution >= 0.6 is 0 Å². The molecule has 0 radical (unpaired) electrons. The molecule has 0 amide bonds. The quantitative estimate of drug-likeness (QED) is 0.458. The minimum atomic E-state index is -0.663. The molecule has 1 aliphatic carbocycles.